The van der Waals surface area contributed by atoms with Gasteiger partial charge in [-0.1, -0.05) is 25.1 Å². The summed E-state index contributed by atoms with van der Waals surface area (Å²) in [4.78, 5) is 15.9. The Hall–Kier alpha value is -2.36. The molecule has 0 atom stereocenters. The summed E-state index contributed by atoms with van der Waals surface area (Å²) in [5, 5.41) is 9.38. The van der Waals surface area contributed by atoms with Gasteiger partial charge in [0, 0.05) is 5.69 Å². The zero-order chi connectivity index (χ0) is 14.8. The van der Waals surface area contributed by atoms with Crippen LogP contribution >= 0.6 is 0 Å². The molecular formula is C17H17NO3. The number of pyridine rings is 1. The van der Waals surface area contributed by atoms with Gasteiger partial charge in [0.2, 0.25) is 5.88 Å². The number of carbonyl (C=O) groups is 1. The topological polar surface area (TPSA) is 59.4 Å². The summed E-state index contributed by atoms with van der Waals surface area (Å²) in [6.45, 7) is 2.04. The van der Waals surface area contributed by atoms with Crippen molar-refractivity contribution in [3.63, 3.8) is 0 Å². The summed E-state index contributed by atoms with van der Waals surface area (Å²) in [6, 6.07) is 9.35. The molecule has 0 fully saturated rings. The largest absolute Gasteiger partial charge is 0.477 e. The standard InChI is InChI=1S/C17H17NO3/c1-2-11-6-3-4-9-15(11)21-16-13(17(19)20)10-12-7-5-8-14(12)18-16/h3-4,6,9-10H,2,5,7-8H2,1H3,(H,19,20). The van der Waals surface area contributed by atoms with E-state index in [0.717, 1.165) is 42.5 Å². The van der Waals surface area contributed by atoms with Crippen molar-refractivity contribution in [2.75, 3.05) is 0 Å². The van der Waals surface area contributed by atoms with E-state index in [1.54, 1.807) is 6.07 Å². The molecule has 1 aromatic heterocycles. The van der Waals surface area contributed by atoms with Crippen LogP contribution in [0.3, 0.4) is 0 Å². The molecule has 2 aromatic rings. The lowest BCUT2D eigenvalue weighted by Crippen LogP contribution is -2.05. The molecule has 1 aromatic carbocycles. The van der Waals surface area contributed by atoms with Gasteiger partial charge in [-0.15, -0.1) is 0 Å². The third kappa shape index (κ3) is 2.61. The molecule has 4 heteroatoms. The highest BCUT2D eigenvalue weighted by Gasteiger charge is 2.21. The van der Waals surface area contributed by atoms with Crippen LogP contribution in [0.25, 0.3) is 0 Å². The maximum absolute atomic E-state index is 11.4. The number of rotatable bonds is 4. The molecule has 0 aliphatic heterocycles. The maximum Gasteiger partial charge on any atom is 0.341 e. The highest BCUT2D eigenvalue weighted by atomic mass is 16.5. The molecule has 0 amide bonds. The summed E-state index contributed by atoms with van der Waals surface area (Å²) < 4.78 is 5.83. The van der Waals surface area contributed by atoms with Gasteiger partial charge in [-0.2, -0.15) is 0 Å². The van der Waals surface area contributed by atoms with E-state index in [4.69, 9.17) is 4.74 Å². The van der Waals surface area contributed by atoms with E-state index >= 15 is 0 Å². The minimum atomic E-state index is -0.999. The van der Waals surface area contributed by atoms with E-state index < -0.39 is 5.97 Å². The Morgan fingerprint density at radius 3 is 2.90 bits per heavy atom. The van der Waals surface area contributed by atoms with Crippen molar-refractivity contribution in [1.82, 2.24) is 4.98 Å². The molecule has 1 N–H and O–H groups in total. The van der Waals surface area contributed by atoms with Gasteiger partial charge in [-0.25, -0.2) is 9.78 Å². The Balaban J connectivity index is 2.03. The monoisotopic (exact) mass is 283 g/mol. The molecule has 0 radical (unpaired) electrons. The van der Waals surface area contributed by atoms with Crippen LogP contribution in [0.2, 0.25) is 0 Å². The molecule has 0 bridgehead atoms. The number of fused-ring (bicyclic) bond motifs is 1. The molecule has 108 valence electrons. The predicted molar refractivity (Wildman–Crippen MR) is 79.1 cm³/mol. The summed E-state index contributed by atoms with van der Waals surface area (Å²) in [7, 11) is 0. The smallest absolute Gasteiger partial charge is 0.341 e. The molecule has 0 saturated heterocycles. The first-order valence-electron chi connectivity index (χ1n) is 7.21. The second-order valence-corrected chi connectivity index (χ2v) is 5.17. The summed E-state index contributed by atoms with van der Waals surface area (Å²) in [6.07, 6.45) is 3.63. The number of carboxylic acids is 1. The van der Waals surface area contributed by atoms with Crippen LogP contribution in [0.4, 0.5) is 0 Å². The average Bonchev–Trinajstić information content (AvgIpc) is 2.94. The molecule has 0 unspecified atom stereocenters. The van der Waals surface area contributed by atoms with Crippen LogP contribution in [0.5, 0.6) is 11.6 Å². The average molecular weight is 283 g/mol. The third-order valence-electron chi connectivity index (χ3n) is 3.81. The molecule has 1 aliphatic carbocycles. The van der Waals surface area contributed by atoms with Crippen molar-refractivity contribution in [3.05, 3.63) is 52.7 Å². The maximum atomic E-state index is 11.4. The second kappa shape index (κ2) is 5.56. The number of aryl methyl sites for hydroxylation is 3. The Kier molecular flexibility index (Phi) is 3.60. The molecule has 0 spiro atoms. The quantitative estimate of drug-likeness (QED) is 0.931. The van der Waals surface area contributed by atoms with Crippen LogP contribution in [0.15, 0.2) is 30.3 Å². The zero-order valence-electron chi connectivity index (χ0n) is 11.9. The molecule has 0 saturated carbocycles. The van der Waals surface area contributed by atoms with E-state index in [1.165, 1.54) is 0 Å². The first kappa shape index (κ1) is 13.6. The summed E-state index contributed by atoms with van der Waals surface area (Å²) in [5.41, 5.74) is 3.17. The van der Waals surface area contributed by atoms with Crippen molar-refractivity contribution in [3.8, 4) is 11.6 Å². The van der Waals surface area contributed by atoms with Gasteiger partial charge in [0.1, 0.15) is 11.3 Å². The van der Waals surface area contributed by atoms with Gasteiger partial charge >= 0.3 is 5.97 Å². The van der Waals surface area contributed by atoms with Gasteiger partial charge in [-0.3, -0.25) is 0 Å². The zero-order valence-corrected chi connectivity index (χ0v) is 11.9. The summed E-state index contributed by atoms with van der Waals surface area (Å²) in [5.74, 6) is -0.127. The van der Waals surface area contributed by atoms with Crippen molar-refractivity contribution in [1.29, 1.82) is 0 Å². The molecule has 4 nitrogen and oxygen atoms in total. The predicted octanol–water partition coefficient (Wildman–Crippen LogP) is 3.62. The van der Waals surface area contributed by atoms with E-state index in [1.807, 2.05) is 31.2 Å². The second-order valence-electron chi connectivity index (χ2n) is 5.17. The van der Waals surface area contributed by atoms with Crippen molar-refractivity contribution < 1.29 is 14.6 Å². The number of benzene rings is 1. The fraction of sp³-hybridized carbons (Fsp3) is 0.294. The van der Waals surface area contributed by atoms with Gasteiger partial charge in [-0.05, 0) is 48.9 Å². The molecule has 21 heavy (non-hydrogen) atoms. The fourth-order valence-corrected chi connectivity index (χ4v) is 2.68. The normalized spacial score (nSPS) is 13.0. The van der Waals surface area contributed by atoms with Crippen LogP contribution in [-0.2, 0) is 19.3 Å². The summed E-state index contributed by atoms with van der Waals surface area (Å²) >= 11 is 0. The number of ether oxygens (including phenoxy) is 1. The Morgan fingerprint density at radius 1 is 1.33 bits per heavy atom. The van der Waals surface area contributed by atoms with Gasteiger partial charge < -0.3 is 9.84 Å². The first-order valence-corrected chi connectivity index (χ1v) is 7.21. The number of carboxylic acid groups (broad SMARTS) is 1. The number of para-hydroxylation sites is 1. The minimum Gasteiger partial charge on any atom is -0.477 e. The van der Waals surface area contributed by atoms with Gasteiger partial charge in [0.15, 0.2) is 0 Å². The highest BCUT2D eigenvalue weighted by molar-refractivity contribution is 5.90. The first-order chi connectivity index (χ1) is 10.2. The van der Waals surface area contributed by atoms with Crippen molar-refractivity contribution in [2.45, 2.75) is 32.6 Å². The third-order valence-corrected chi connectivity index (χ3v) is 3.81. The minimum absolute atomic E-state index is 0.140. The Morgan fingerprint density at radius 2 is 2.14 bits per heavy atom. The number of aromatic carboxylic acids is 1. The Bertz CT molecular complexity index is 694. The van der Waals surface area contributed by atoms with E-state index in [9.17, 15) is 9.90 Å². The van der Waals surface area contributed by atoms with Crippen LogP contribution in [0.1, 0.15) is 40.5 Å². The van der Waals surface area contributed by atoms with Crippen molar-refractivity contribution in [2.24, 2.45) is 0 Å². The van der Waals surface area contributed by atoms with Crippen LogP contribution in [-0.4, -0.2) is 16.1 Å². The van der Waals surface area contributed by atoms with Gasteiger partial charge in [0.25, 0.3) is 0 Å². The number of hydrogen-bond donors (Lipinski definition) is 1. The fourth-order valence-electron chi connectivity index (χ4n) is 2.68. The van der Waals surface area contributed by atoms with E-state index in [-0.39, 0.29) is 11.4 Å². The van der Waals surface area contributed by atoms with E-state index in [2.05, 4.69) is 4.98 Å². The lowest BCUT2D eigenvalue weighted by atomic mass is 10.1. The Labute approximate surface area is 123 Å². The molecule has 1 aliphatic rings. The van der Waals surface area contributed by atoms with Crippen LogP contribution in [0, 0.1) is 0 Å². The highest BCUT2D eigenvalue weighted by Crippen LogP contribution is 2.31. The lowest BCUT2D eigenvalue weighted by molar-refractivity contribution is 0.0693. The SMILES string of the molecule is CCc1ccccc1Oc1nc2c(cc1C(=O)O)CCC2. The van der Waals surface area contributed by atoms with E-state index in [0.29, 0.717) is 5.75 Å². The van der Waals surface area contributed by atoms with Crippen LogP contribution < -0.4 is 4.74 Å². The number of nitrogens with zero attached hydrogens (tertiary/aromatic N) is 1. The number of hydrogen-bond acceptors (Lipinski definition) is 3. The number of aromatic nitrogens is 1. The van der Waals surface area contributed by atoms with Crippen molar-refractivity contribution >= 4 is 5.97 Å². The molecule has 3 rings (SSSR count). The lowest BCUT2D eigenvalue weighted by Gasteiger charge is -2.12. The molecule has 1 heterocycles. The van der Waals surface area contributed by atoms with Gasteiger partial charge in [0.05, 0.1) is 0 Å². The molecular weight excluding hydrogens is 266 g/mol.